The first kappa shape index (κ1) is 19.5. The highest BCUT2D eigenvalue weighted by atomic mass is 16.5. The molecule has 0 heterocycles. The Balaban J connectivity index is 3.11. The lowest BCUT2D eigenvalue weighted by molar-refractivity contribution is -0.143. The molecule has 0 fully saturated rings. The number of hydrogen-bond donors (Lipinski definition) is 0. The smallest absolute Gasteiger partial charge is 0.305 e. The van der Waals surface area contributed by atoms with Gasteiger partial charge in [0.1, 0.15) is 0 Å². The van der Waals surface area contributed by atoms with E-state index in [0.29, 0.717) is 13.0 Å². The lowest BCUT2D eigenvalue weighted by atomic mass is 10.0. The zero-order chi connectivity index (χ0) is 15.1. The third-order valence-electron chi connectivity index (χ3n) is 3.67. The normalized spacial score (nSPS) is 11.0. The molecule has 0 saturated carbocycles. The van der Waals surface area contributed by atoms with Crippen molar-refractivity contribution in [3.8, 4) is 0 Å². The number of carbonyl (C=O) groups excluding carboxylic acids is 1. The number of rotatable bonds is 14. The van der Waals surface area contributed by atoms with Crippen LogP contribution in [0, 0.1) is 5.92 Å². The molecule has 0 N–H and O–H groups in total. The maximum absolute atomic E-state index is 11.4. The Hall–Kier alpha value is -0.530. The molecular weight excluding hydrogens is 248 g/mol. The summed E-state index contributed by atoms with van der Waals surface area (Å²) >= 11 is 0. The van der Waals surface area contributed by atoms with Gasteiger partial charge in [-0.3, -0.25) is 4.79 Å². The molecule has 0 unspecified atom stereocenters. The van der Waals surface area contributed by atoms with Crippen molar-refractivity contribution in [1.29, 1.82) is 0 Å². The maximum atomic E-state index is 11.4. The molecule has 2 nitrogen and oxygen atoms in total. The summed E-state index contributed by atoms with van der Waals surface area (Å²) in [5, 5.41) is 0. The summed E-state index contributed by atoms with van der Waals surface area (Å²) in [4.78, 5) is 11.4. The largest absolute Gasteiger partial charge is 0.466 e. The number of hydrogen-bond acceptors (Lipinski definition) is 2. The highest BCUT2D eigenvalue weighted by Gasteiger charge is 2.01. The zero-order valence-electron chi connectivity index (χ0n) is 14.1. The highest BCUT2D eigenvalue weighted by molar-refractivity contribution is 5.69. The van der Waals surface area contributed by atoms with Crippen LogP contribution in [-0.2, 0) is 9.53 Å². The molecule has 0 aromatic carbocycles. The van der Waals surface area contributed by atoms with E-state index in [9.17, 15) is 4.79 Å². The van der Waals surface area contributed by atoms with Crippen LogP contribution in [0.1, 0.15) is 97.8 Å². The number of unbranched alkanes of at least 4 members (excludes halogenated alkanes) is 8. The molecule has 0 aromatic heterocycles. The molecule has 0 aliphatic rings. The summed E-state index contributed by atoms with van der Waals surface area (Å²) in [5.41, 5.74) is 0. The molecule has 0 saturated heterocycles. The van der Waals surface area contributed by atoms with Crippen molar-refractivity contribution < 1.29 is 9.53 Å². The molecule has 0 aromatic rings. The number of ether oxygens (including phenoxy) is 1. The Labute approximate surface area is 126 Å². The van der Waals surface area contributed by atoms with Crippen molar-refractivity contribution in [3.63, 3.8) is 0 Å². The fraction of sp³-hybridized carbons (Fsp3) is 0.944. The Bertz CT molecular complexity index is 211. The predicted molar refractivity (Wildman–Crippen MR) is 86.9 cm³/mol. The summed E-state index contributed by atoms with van der Waals surface area (Å²) in [6, 6.07) is 0. The maximum Gasteiger partial charge on any atom is 0.305 e. The van der Waals surface area contributed by atoms with Crippen LogP contribution in [0.2, 0.25) is 0 Å². The minimum absolute atomic E-state index is 0.00728. The van der Waals surface area contributed by atoms with Gasteiger partial charge in [0.05, 0.1) is 6.61 Å². The lowest BCUT2D eigenvalue weighted by Gasteiger charge is -2.05. The third-order valence-corrected chi connectivity index (χ3v) is 3.67. The van der Waals surface area contributed by atoms with Crippen LogP contribution in [-0.4, -0.2) is 12.6 Å². The lowest BCUT2D eigenvalue weighted by Crippen LogP contribution is -2.05. The fourth-order valence-electron chi connectivity index (χ4n) is 2.29. The molecule has 0 radical (unpaired) electrons. The van der Waals surface area contributed by atoms with Crippen LogP contribution in [0.4, 0.5) is 0 Å². The minimum Gasteiger partial charge on any atom is -0.466 e. The number of esters is 1. The third kappa shape index (κ3) is 15.5. The summed E-state index contributed by atoms with van der Waals surface area (Å²) in [6.07, 6.45) is 14.4. The van der Waals surface area contributed by atoms with Crippen molar-refractivity contribution in [2.75, 3.05) is 6.61 Å². The summed E-state index contributed by atoms with van der Waals surface area (Å²) in [6.45, 7) is 7.31. The van der Waals surface area contributed by atoms with Gasteiger partial charge >= 0.3 is 5.97 Å². The Kier molecular flexibility index (Phi) is 14.5. The molecule has 0 aliphatic carbocycles. The van der Waals surface area contributed by atoms with Gasteiger partial charge in [-0.1, -0.05) is 78.6 Å². The van der Waals surface area contributed by atoms with Crippen molar-refractivity contribution in [3.05, 3.63) is 0 Å². The van der Waals surface area contributed by atoms with Gasteiger partial charge in [-0.25, -0.2) is 0 Å². The first-order chi connectivity index (χ1) is 9.66. The van der Waals surface area contributed by atoms with E-state index in [-0.39, 0.29) is 5.97 Å². The SMILES string of the molecule is CCCCOC(=O)CCCCCCCCCCC(C)C. The Morgan fingerprint density at radius 2 is 1.40 bits per heavy atom. The van der Waals surface area contributed by atoms with Gasteiger partial charge in [0.25, 0.3) is 0 Å². The van der Waals surface area contributed by atoms with E-state index in [1.807, 2.05) is 0 Å². The van der Waals surface area contributed by atoms with Crippen LogP contribution < -0.4 is 0 Å². The fourth-order valence-corrected chi connectivity index (χ4v) is 2.29. The second-order valence-corrected chi connectivity index (χ2v) is 6.33. The molecular formula is C18H36O2. The highest BCUT2D eigenvalue weighted by Crippen LogP contribution is 2.13. The van der Waals surface area contributed by atoms with E-state index in [1.54, 1.807) is 0 Å². The van der Waals surface area contributed by atoms with Gasteiger partial charge in [0.2, 0.25) is 0 Å². The zero-order valence-corrected chi connectivity index (χ0v) is 14.1. The van der Waals surface area contributed by atoms with Crippen LogP contribution in [0.15, 0.2) is 0 Å². The predicted octanol–water partition coefficient (Wildman–Crippen LogP) is 5.89. The van der Waals surface area contributed by atoms with Crippen LogP contribution in [0.5, 0.6) is 0 Å². The van der Waals surface area contributed by atoms with E-state index in [1.165, 1.54) is 51.4 Å². The van der Waals surface area contributed by atoms with Gasteiger partial charge < -0.3 is 4.74 Å². The Morgan fingerprint density at radius 1 is 0.850 bits per heavy atom. The van der Waals surface area contributed by atoms with E-state index >= 15 is 0 Å². The van der Waals surface area contributed by atoms with Crippen molar-refractivity contribution in [2.24, 2.45) is 5.92 Å². The van der Waals surface area contributed by atoms with Gasteiger partial charge in [-0.15, -0.1) is 0 Å². The minimum atomic E-state index is -0.00728. The molecule has 120 valence electrons. The average Bonchev–Trinajstić information content (AvgIpc) is 2.41. The van der Waals surface area contributed by atoms with Crippen LogP contribution >= 0.6 is 0 Å². The van der Waals surface area contributed by atoms with Crippen LogP contribution in [0.25, 0.3) is 0 Å². The quantitative estimate of drug-likeness (QED) is 0.294. The summed E-state index contributed by atoms with van der Waals surface area (Å²) < 4.78 is 5.13. The van der Waals surface area contributed by atoms with Gasteiger partial charge in [0.15, 0.2) is 0 Å². The van der Waals surface area contributed by atoms with E-state index in [0.717, 1.165) is 25.2 Å². The van der Waals surface area contributed by atoms with E-state index in [4.69, 9.17) is 4.74 Å². The van der Waals surface area contributed by atoms with Crippen molar-refractivity contribution in [1.82, 2.24) is 0 Å². The molecule has 0 rings (SSSR count). The monoisotopic (exact) mass is 284 g/mol. The standard InChI is InChI=1S/C18H36O2/c1-4-5-16-20-18(19)15-13-11-9-7-6-8-10-12-14-17(2)3/h17H,4-16H2,1-3H3. The molecule has 2 heteroatoms. The summed E-state index contributed by atoms with van der Waals surface area (Å²) in [5.74, 6) is 0.846. The molecule has 20 heavy (non-hydrogen) atoms. The topological polar surface area (TPSA) is 26.3 Å². The van der Waals surface area contributed by atoms with Gasteiger partial charge in [0, 0.05) is 6.42 Å². The second-order valence-electron chi connectivity index (χ2n) is 6.33. The Morgan fingerprint density at radius 3 is 1.95 bits per heavy atom. The van der Waals surface area contributed by atoms with Gasteiger partial charge in [-0.2, -0.15) is 0 Å². The molecule has 0 aliphatic heterocycles. The van der Waals surface area contributed by atoms with E-state index in [2.05, 4.69) is 20.8 Å². The van der Waals surface area contributed by atoms with E-state index < -0.39 is 0 Å². The van der Waals surface area contributed by atoms with Crippen molar-refractivity contribution >= 4 is 5.97 Å². The molecule has 0 spiro atoms. The van der Waals surface area contributed by atoms with Crippen molar-refractivity contribution in [2.45, 2.75) is 97.8 Å². The average molecular weight is 284 g/mol. The first-order valence-corrected chi connectivity index (χ1v) is 8.82. The molecule has 0 amide bonds. The van der Waals surface area contributed by atoms with Gasteiger partial charge in [-0.05, 0) is 18.8 Å². The first-order valence-electron chi connectivity index (χ1n) is 8.82. The number of carbonyl (C=O) groups is 1. The molecule has 0 atom stereocenters. The second kappa shape index (κ2) is 14.9. The van der Waals surface area contributed by atoms with Crippen LogP contribution in [0.3, 0.4) is 0 Å². The molecule has 0 bridgehead atoms. The summed E-state index contributed by atoms with van der Waals surface area (Å²) in [7, 11) is 0.